The topological polar surface area (TPSA) is 96.0 Å². The molecule has 0 aliphatic carbocycles. The Morgan fingerprint density at radius 1 is 1.11 bits per heavy atom. The maximum absolute atomic E-state index is 13.3. The molecule has 8 nitrogen and oxygen atoms in total. The summed E-state index contributed by atoms with van der Waals surface area (Å²) in [4.78, 5) is 27.3. The minimum atomic E-state index is -4.63. The van der Waals surface area contributed by atoms with Crippen molar-refractivity contribution in [1.82, 2.24) is 10.2 Å². The van der Waals surface area contributed by atoms with Gasteiger partial charge in [0.1, 0.15) is 11.8 Å². The number of alkyl halides is 3. The molecule has 2 aromatic rings. The zero-order valence-corrected chi connectivity index (χ0v) is 22.7. The van der Waals surface area contributed by atoms with Crippen molar-refractivity contribution < 1.29 is 35.9 Å². The van der Waals surface area contributed by atoms with Crippen LogP contribution >= 0.6 is 0 Å². The number of amides is 2. The Morgan fingerprint density at radius 3 is 2.39 bits per heavy atom. The summed E-state index contributed by atoms with van der Waals surface area (Å²) in [6.07, 6.45) is -3.12. The summed E-state index contributed by atoms with van der Waals surface area (Å²) in [5, 5.41) is 2.77. The van der Waals surface area contributed by atoms with Crippen LogP contribution in [0.25, 0.3) is 0 Å². The second-order valence-corrected chi connectivity index (χ2v) is 10.7. The molecule has 0 radical (unpaired) electrons. The average molecular weight is 558 g/mol. The van der Waals surface area contributed by atoms with Crippen LogP contribution < -0.4 is 14.4 Å². The van der Waals surface area contributed by atoms with Gasteiger partial charge in [-0.1, -0.05) is 25.1 Å². The van der Waals surface area contributed by atoms with Gasteiger partial charge >= 0.3 is 6.18 Å². The highest BCUT2D eigenvalue weighted by Crippen LogP contribution is 2.32. The number of ether oxygens (including phenoxy) is 1. The summed E-state index contributed by atoms with van der Waals surface area (Å²) in [6.45, 7) is 3.86. The molecule has 2 rings (SSSR count). The maximum Gasteiger partial charge on any atom is 0.416 e. The van der Waals surface area contributed by atoms with Gasteiger partial charge in [-0.2, -0.15) is 13.2 Å². The quantitative estimate of drug-likeness (QED) is 0.398. The molecular weight excluding hydrogens is 523 g/mol. The molecule has 0 saturated heterocycles. The highest BCUT2D eigenvalue weighted by atomic mass is 32.2. The Kier molecular flexibility index (Phi) is 11.0. The fourth-order valence-electron chi connectivity index (χ4n) is 3.79. The Hall–Kier alpha value is -3.28. The number of sulfonamides is 1. The van der Waals surface area contributed by atoms with Gasteiger partial charge < -0.3 is 15.0 Å². The van der Waals surface area contributed by atoms with Crippen molar-refractivity contribution in [2.45, 2.75) is 51.9 Å². The van der Waals surface area contributed by atoms with E-state index in [2.05, 4.69) is 5.32 Å². The van der Waals surface area contributed by atoms with E-state index in [0.717, 1.165) is 40.7 Å². The lowest BCUT2D eigenvalue weighted by Gasteiger charge is -2.29. The number of hydrogen-bond acceptors (Lipinski definition) is 5. The molecule has 38 heavy (non-hydrogen) atoms. The molecule has 12 heteroatoms. The van der Waals surface area contributed by atoms with Crippen LogP contribution in [0.5, 0.6) is 5.75 Å². The van der Waals surface area contributed by atoms with E-state index in [1.807, 2.05) is 6.92 Å². The number of hydrogen-bond donors (Lipinski definition) is 1. The first-order valence-corrected chi connectivity index (χ1v) is 14.0. The van der Waals surface area contributed by atoms with Crippen LogP contribution in [0.2, 0.25) is 0 Å². The molecule has 210 valence electrons. The highest BCUT2D eigenvalue weighted by Gasteiger charge is 2.32. The van der Waals surface area contributed by atoms with Gasteiger partial charge in [0.2, 0.25) is 21.8 Å². The number of halogens is 3. The van der Waals surface area contributed by atoms with Crippen molar-refractivity contribution in [3.63, 3.8) is 0 Å². The van der Waals surface area contributed by atoms with Crippen LogP contribution in [-0.4, -0.2) is 57.6 Å². The van der Waals surface area contributed by atoms with Gasteiger partial charge in [0.25, 0.3) is 0 Å². The molecule has 0 heterocycles. The van der Waals surface area contributed by atoms with E-state index in [9.17, 15) is 31.2 Å². The molecule has 2 aromatic carbocycles. The molecule has 0 aromatic heterocycles. The summed E-state index contributed by atoms with van der Waals surface area (Å²) in [5.74, 6) is -0.142. The van der Waals surface area contributed by atoms with E-state index in [0.29, 0.717) is 12.3 Å². The molecular formula is C26H34F3N3O5S. The maximum atomic E-state index is 13.3. The van der Waals surface area contributed by atoms with Crippen LogP contribution in [-0.2, 0) is 32.3 Å². The van der Waals surface area contributed by atoms with Gasteiger partial charge in [0.15, 0.2) is 0 Å². The Balaban J connectivity index is 2.22. The van der Waals surface area contributed by atoms with Gasteiger partial charge in [-0.15, -0.1) is 0 Å². The van der Waals surface area contributed by atoms with Gasteiger partial charge in [-0.05, 0) is 55.7 Å². The summed E-state index contributed by atoms with van der Waals surface area (Å²) < 4.78 is 70.3. The van der Waals surface area contributed by atoms with Gasteiger partial charge in [0, 0.05) is 26.1 Å². The number of nitrogens with one attached hydrogen (secondary N) is 1. The first kappa shape index (κ1) is 30.9. The normalized spacial score (nSPS) is 12.5. The number of benzene rings is 2. The van der Waals surface area contributed by atoms with E-state index < -0.39 is 33.7 Å². The SMILES string of the molecule is CCCNC(=O)[C@H](C)N(Cc1cccc(OC)c1)C(=O)CCCN(c1cccc(C(F)(F)F)c1)S(C)(=O)=O. The largest absolute Gasteiger partial charge is 0.497 e. The van der Waals surface area contributed by atoms with E-state index in [-0.39, 0.29) is 37.5 Å². The fraction of sp³-hybridized carbons (Fsp3) is 0.462. The predicted octanol–water partition coefficient (Wildman–Crippen LogP) is 4.20. The second kappa shape index (κ2) is 13.5. The minimum Gasteiger partial charge on any atom is -0.497 e. The fourth-order valence-corrected chi connectivity index (χ4v) is 4.74. The zero-order chi connectivity index (χ0) is 28.5. The molecule has 0 aliphatic heterocycles. The first-order chi connectivity index (χ1) is 17.8. The molecule has 1 atom stereocenters. The summed E-state index contributed by atoms with van der Waals surface area (Å²) >= 11 is 0. The summed E-state index contributed by atoms with van der Waals surface area (Å²) in [5.41, 5.74) is -0.388. The zero-order valence-electron chi connectivity index (χ0n) is 21.9. The van der Waals surface area contributed by atoms with Crippen molar-refractivity contribution in [1.29, 1.82) is 0 Å². The van der Waals surface area contributed by atoms with E-state index >= 15 is 0 Å². The van der Waals surface area contributed by atoms with E-state index in [1.165, 1.54) is 18.1 Å². The van der Waals surface area contributed by atoms with Crippen LogP contribution in [0.3, 0.4) is 0 Å². The van der Waals surface area contributed by atoms with Crippen molar-refractivity contribution in [2.24, 2.45) is 0 Å². The van der Waals surface area contributed by atoms with Crippen LogP contribution in [0.15, 0.2) is 48.5 Å². The minimum absolute atomic E-state index is 0.0278. The van der Waals surface area contributed by atoms with Gasteiger partial charge in [0.05, 0.1) is 24.6 Å². The molecule has 0 spiro atoms. The van der Waals surface area contributed by atoms with Crippen LogP contribution in [0.4, 0.5) is 18.9 Å². The Labute approximate surface area is 221 Å². The van der Waals surface area contributed by atoms with E-state index in [1.54, 1.807) is 31.2 Å². The monoisotopic (exact) mass is 557 g/mol. The van der Waals surface area contributed by atoms with Crippen molar-refractivity contribution >= 4 is 27.5 Å². The third kappa shape index (κ3) is 8.93. The smallest absolute Gasteiger partial charge is 0.416 e. The standard InChI is InChI=1S/C26H34F3N3O5S/c1-5-14-30-25(34)19(2)31(18-20-9-6-12-23(16-20)37-3)24(33)13-8-15-32(38(4,35)36)22-11-7-10-21(17-22)26(27,28)29/h6-7,9-12,16-17,19H,5,8,13-15,18H2,1-4H3,(H,30,34)/t19-/m0/s1. The second-order valence-electron chi connectivity index (χ2n) is 8.83. The summed E-state index contributed by atoms with van der Waals surface area (Å²) in [7, 11) is -2.42. The molecule has 0 saturated carbocycles. The lowest BCUT2D eigenvalue weighted by Crippen LogP contribution is -2.47. The molecule has 0 aliphatic rings. The average Bonchev–Trinajstić information content (AvgIpc) is 2.86. The predicted molar refractivity (Wildman–Crippen MR) is 139 cm³/mol. The number of methoxy groups -OCH3 is 1. The number of anilines is 1. The van der Waals surface area contributed by atoms with Gasteiger partial charge in [-0.25, -0.2) is 8.42 Å². The van der Waals surface area contributed by atoms with E-state index in [4.69, 9.17) is 4.74 Å². The highest BCUT2D eigenvalue weighted by molar-refractivity contribution is 7.92. The molecule has 0 fully saturated rings. The lowest BCUT2D eigenvalue weighted by molar-refractivity contribution is -0.140. The third-order valence-electron chi connectivity index (χ3n) is 5.82. The van der Waals surface area contributed by atoms with Crippen LogP contribution in [0.1, 0.15) is 44.2 Å². The van der Waals surface area contributed by atoms with Crippen LogP contribution in [0, 0.1) is 0 Å². The Bertz CT molecular complexity index is 1200. The molecule has 2 amide bonds. The lowest BCUT2D eigenvalue weighted by atomic mass is 10.1. The van der Waals surface area contributed by atoms with Crippen molar-refractivity contribution in [2.75, 3.05) is 30.8 Å². The van der Waals surface area contributed by atoms with Gasteiger partial charge in [-0.3, -0.25) is 13.9 Å². The first-order valence-electron chi connectivity index (χ1n) is 12.1. The Morgan fingerprint density at radius 2 is 1.79 bits per heavy atom. The third-order valence-corrected chi connectivity index (χ3v) is 7.01. The number of carbonyl (C=O) groups excluding carboxylic acids is 2. The number of carbonyl (C=O) groups is 2. The summed E-state index contributed by atoms with van der Waals surface area (Å²) in [6, 6.07) is 10.3. The van der Waals surface area contributed by atoms with Crippen molar-refractivity contribution in [3.8, 4) is 5.75 Å². The van der Waals surface area contributed by atoms with Crippen molar-refractivity contribution in [3.05, 3.63) is 59.7 Å². The number of nitrogens with zero attached hydrogens (tertiary/aromatic N) is 2. The number of rotatable bonds is 13. The molecule has 0 bridgehead atoms. The molecule has 1 N–H and O–H groups in total. The molecule has 0 unspecified atom stereocenters.